The second kappa shape index (κ2) is 5.58. The van der Waals surface area contributed by atoms with Crippen LogP contribution in [0, 0.1) is 20.8 Å². The maximum Gasteiger partial charge on any atom is 1.00 e. The molecule has 0 saturated heterocycles. The summed E-state index contributed by atoms with van der Waals surface area (Å²) >= 11 is 0. The molecule has 0 heterocycles. The summed E-state index contributed by atoms with van der Waals surface area (Å²) in [7, 11) is -3.02. The van der Waals surface area contributed by atoms with Gasteiger partial charge in [-0.05, 0) is 43.5 Å². The van der Waals surface area contributed by atoms with Gasteiger partial charge < -0.3 is 4.89 Å². The number of carbonyl (C=O) groups is 1. The first-order valence-corrected chi connectivity index (χ1v) is 5.38. The normalized spacial score (nSPS) is 10.5. The van der Waals surface area contributed by atoms with Crippen LogP contribution in [0.3, 0.4) is 0 Å². The van der Waals surface area contributed by atoms with E-state index in [1.54, 1.807) is 19.1 Å². The van der Waals surface area contributed by atoms with Gasteiger partial charge in [-0.25, -0.2) is 4.79 Å². The second-order valence-corrected chi connectivity index (χ2v) is 4.16. The van der Waals surface area contributed by atoms with Gasteiger partial charge in [0.05, 0.1) is 5.56 Å². The summed E-state index contributed by atoms with van der Waals surface area (Å²) in [5, 5.41) is 0. The van der Waals surface area contributed by atoms with Gasteiger partial charge in [0.15, 0.2) is 0 Å². The molecule has 1 aromatic carbocycles. The van der Waals surface area contributed by atoms with Gasteiger partial charge in [0, 0.05) is 0 Å². The van der Waals surface area contributed by atoms with E-state index in [2.05, 4.69) is 0 Å². The molecule has 74 valence electrons. The Hall–Kier alpha value is -0.453. The van der Waals surface area contributed by atoms with Crippen molar-refractivity contribution in [2.24, 2.45) is 0 Å². The van der Waals surface area contributed by atoms with Crippen LogP contribution in [-0.4, -0.2) is 5.52 Å². The van der Waals surface area contributed by atoms with Crippen molar-refractivity contribution >= 4 is 13.6 Å². The molecule has 0 aliphatic carbocycles. The van der Waals surface area contributed by atoms with Crippen molar-refractivity contribution in [2.75, 3.05) is 0 Å². The second-order valence-electron chi connectivity index (χ2n) is 3.24. The van der Waals surface area contributed by atoms with Crippen LogP contribution in [0.5, 0.6) is 0 Å². The maximum atomic E-state index is 11.2. The summed E-state index contributed by atoms with van der Waals surface area (Å²) < 4.78 is 10.5. The summed E-state index contributed by atoms with van der Waals surface area (Å²) in [6, 6.07) is 3.32. The average molecular weight is 217 g/mol. The van der Waals surface area contributed by atoms with Gasteiger partial charge in [-0.15, -0.1) is 0 Å². The molecule has 0 radical (unpaired) electrons. The number of hydrogen-bond acceptors (Lipinski definition) is 3. The van der Waals surface area contributed by atoms with Crippen LogP contribution in [0.4, 0.5) is 0 Å². The van der Waals surface area contributed by atoms with Crippen molar-refractivity contribution in [1.82, 2.24) is 0 Å². The number of carbonyl (C=O) groups excluding carboxylic acids is 1. The van der Waals surface area contributed by atoms with Gasteiger partial charge >= 0.3 is 32.4 Å². The van der Waals surface area contributed by atoms with Crippen molar-refractivity contribution in [2.45, 2.75) is 20.8 Å². The van der Waals surface area contributed by atoms with E-state index >= 15 is 0 Å². The van der Waals surface area contributed by atoms with E-state index in [9.17, 15) is 14.3 Å². The molecular formula is C10H11LiO3P+. The van der Waals surface area contributed by atoms with Crippen LogP contribution in [0.2, 0.25) is 0 Å². The van der Waals surface area contributed by atoms with E-state index < -0.39 is 13.6 Å². The van der Waals surface area contributed by atoms with Gasteiger partial charge in [-0.3, -0.25) is 0 Å². The summed E-state index contributed by atoms with van der Waals surface area (Å²) in [6.07, 6.45) is 0. The molecule has 0 fully saturated rings. The monoisotopic (exact) mass is 217 g/mol. The molecule has 0 spiro atoms. The molecule has 1 atom stereocenters. The van der Waals surface area contributed by atoms with Gasteiger partial charge in [-0.2, -0.15) is 0 Å². The Bertz CT molecular complexity index is 415. The van der Waals surface area contributed by atoms with E-state index in [4.69, 9.17) is 0 Å². The molecule has 15 heavy (non-hydrogen) atoms. The van der Waals surface area contributed by atoms with E-state index in [1.165, 1.54) is 0 Å². The Kier molecular flexibility index (Phi) is 5.41. The zero-order valence-electron chi connectivity index (χ0n) is 9.33. The summed E-state index contributed by atoms with van der Waals surface area (Å²) in [6.45, 7) is 5.56. The Balaban J connectivity index is 0.00000196. The van der Waals surface area contributed by atoms with Gasteiger partial charge in [0.1, 0.15) is 0 Å². The predicted molar refractivity (Wildman–Crippen MR) is 52.6 cm³/mol. The number of hydrogen-bond donors (Lipinski definition) is 0. The molecule has 0 aliphatic rings. The average Bonchev–Trinajstić information content (AvgIpc) is 2.13. The number of rotatable bonds is 2. The third kappa shape index (κ3) is 3.00. The first-order valence-electron chi connectivity index (χ1n) is 4.20. The van der Waals surface area contributed by atoms with Crippen LogP contribution in [0.25, 0.3) is 0 Å². The fourth-order valence-electron chi connectivity index (χ4n) is 1.29. The van der Waals surface area contributed by atoms with E-state index in [1.807, 2.05) is 13.8 Å². The number of benzene rings is 1. The molecule has 0 aliphatic heterocycles. The number of aryl methyl sites for hydroxylation is 1. The Labute approximate surface area is 102 Å². The van der Waals surface area contributed by atoms with E-state index in [0.717, 1.165) is 16.7 Å². The van der Waals surface area contributed by atoms with Crippen LogP contribution < -0.4 is 23.8 Å². The van der Waals surface area contributed by atoms with Crippen molar-refractivity contribution in [3.05, 3.63) is 34.4 Å². The van der Waals surface area contributed by atoms with Crippen molar-refractivity contribution < 1.29 is 33.1 Å². The fourth-order valence-corrected chi connectivity index (χ4v) is 1.73. The minimum Gasteiger partial charge on any atom is -0.588 e. The van der Waals surface area contributed by atoms with Gasteiger partial charge in [0.2, 0.25) is 0 Å². The third-order valence-electron chi connectivity index (χ3n) is 2.45. The van der Waals surface area contributed by atoms with Crippen LogP contribution in [0.15, 0.2) is 12.1 Å². The summed E-state index contributed by atoms with van der Waals surface area (Å²) in [5.41, 5.74) is 2.24. The minimum absolute atomic E-state index is 0. The predicted octanol–water partition coefficient (Wildman–Crippen LogP) is -1.14. The van der Waals surface area contributed by atoms with Gasteiger partial charge in [-0.1, -0.05) is 10.6 Å². The maximum absolute atomic E-state index is 11.2. The fraction of sp³-hybridized carbons (Fsp3) is 0.300. The molecule has 0 N–H and O–H groups in total. The molecule has 1 aromatic rings. The molecule has 0 amide bonds. The molecule has 5 heteroatoms. The zero-order valence-corrected chi connectivity index (χ0v) is 10.2. The molecule has 1 unspecified atom stereocenters. The van der Waals surface area contributed by atoms with Crippen molar-refractivity contribution in [1.29, 1.82) is 0 Å². The summed E-state index contributed by atoms with van der Waals surface area (Å²) in [5.74, 6) is 0. The topological polar surface area (TPSA) is 57.2 Å². The first kappa shape index (κ1) is 14.5. The molecule has 0 aromatic heterocycles. The van der Waals surface area contributed by atoms with Crippen LogP contribution in [-0.2, 0) is 4.57 Å². The van der Waals surface area contributed by atoms with E-state index in [-0.39, 0.29) is 24.4 Å². The Morgan fingerprint density at radius 1 is 1.20 bits per heavy atom. The molecule has 1 rings (SSSR count). The zero-order chi connectivity index (χ0) is 10.9. The molecule has 0 saturated carbocycles. The Morgan fingerprint density at radius 3 is 2.20 bits per heavy atom. The SMILES string of the molecule is Cc1ccc(C(=O)[P+](=O)[O-])c(C)c1C.[Li+]. The van der Waals surface area contributed by atoms with Gasteiger partial charge in [0.25, 0.3) is 0 Å². The largest absolute Gasteiger partial charge is 1.00 e. The van der Waals surface area contributed by atoms with Crippen molar-refractivity contribution in [3.8, 4) is 0 Å². The Morgan fingerprint density at radius 2 is 1.73 bits per heavy atom. The smallest absolute Gasteiger partial charge is 0.588 e. The minimum atomic E-state index is -3.02. The van der Waals surface area contributed by atoms with Crippen LogP contribution in [0.1, 0.15) is 27.0 Å². The quantitative estimate of drug-likeness (QED) is 0.464. The van der Waals surface area contributed by atoms with E-state index in [0.29, 0.717) is 0 Å². The standard InChI is InChI=1S/C10H11O3P.Li/c1-6-4-5-9(8(3)7(6)2)10(11)14(12)13;/h4-5H,1-3H3;/q;+1. The molecule has 3 nitrogen and oxygen atoms in total. The third-order valence-corrected chi connectivity index (χ3v) is 3.03. The molecule has 0 bridgehead atoms. The van der Waals surface area contributed by atoms with Crippen LogP contribution >= 0.6 is 8.03 Å². The first-order chi connectivity index (χ1) is 6.45. The molecular weight excluding hydrogens is 206 g/mol. The summed E-state index contributed by atoms with van der Waals surface area (Å²) in [4.78, 5) is 21.8. The van der Waals surface area contributed by atoms with Crippen molar-refractivity contribution in [3.63, 3.8) is 0 Å².